The first-order chi connectivity index (χ1) is 9.40. The predicted molar refractivity (Wildman–Crippen MR) is 73.8 cm³/mol. The van der Waals surface area contributed by atoms with Gasteiger partial charge in [-0.2, -0.15) is 13.2 Å². The van der Waals surface area contributed by atoms with E-state index in [0.29, 0.717) is 12.5 Å². The molecule has 1 heterocycles. The maximum absolute atomic E-state index is 12.9. The van der Waals surface area contributed by atoms with E-state index in [9.17, 15) is 13.2 Å². The average Bonchev–Trinajstić information content (AvgIpc) is 2.25. The molecule has 1 fully saturated rings. The molecule has 1 aromatic heterocycles. The molecule has 0 spiro atoms. The largest absolute Gasteiger partial charge is 0.416 e. The highest BCUT2D eigenvalue weighted by atomic mass is 19.4. The van der Waals surface area contributed by atoms with Crippen LogP contribution in [0.25, 0.3) is 0 Å². The maximum Gasteiger partial charge on any atom is 0.416 e. The molecule has 1 atom stereocenters. The van der Waals surface area contributed by atoms with Crippen LogP contribution in [0, 0.1) is 5.92 Å². The van der Waals surface area contributed by atoms with Crippen molar-refractivity contribution in [1.82, 2.24) is 4.98 Å². The molecule has 1 aliphatic carbocycles. The van der Waals surface area contributed by atoms with Crippen LogP contribution in [0.1, 0.15) is 38.7 Å². The highest BCUT2D eigenvalue weighted by Crippen LogP contribution is 2.34. The monoisotopic (exact) mass is 287 g/mol. The van der Waals surface area contributed by atoms with Crippen LogP contribution in [0.15, 0.2) is 12.1 Å². The van der Waals surface area contributed by atoms with Crippen molar-refractivity contribution in [1.29, 1.82) is 0 Å². The van der Waals surface area contributed by atoms with Crippen molar-refractivity contribution in [2.24, 2.45) is 5.92 Å². The molecule has 1 unspecified atom stereocenters. The van der Waals surface area contributed by atoms with Gasteiger partial charge in [-0.3, -0.25) is 0 Å². The highest BCUT2D eigenvalue weighted by Gasteiger charge is 2.32. The summed E-state index contributed by atoms with van der Waals surface area (Å²) in [5.74, 6) is 1.08. The number of alkyl halides is 3. The normalized spacial score (nSPS) is 17.4. The Morgan fingerprint density at radius 2 is 1.95 bits per heavy atom. The van der Waals surface area contributed by atoms with Crippen LogP contribution in [-0.4, -0.2) is 17.6 Å². The first-order valence-corrected chi connectivity index (χ1v) is 7.00. The molecule has 0 radical (unpaired) electrons. The van der Waals surface area contributed by atoms with Gasteiger partial charge in [0.1, 0.15) is 11.6 Å². The van der Waals surface area contributed by atoms with Crippen LogP contribution >= 0.6 is 0 Å². The number of rotatable bonds is 5. The molecule has 1 saturated carbocycles. The average molecular weight is 287 g/mol. The van der Waals surface area contributed by atoms with E-state index in [-0.39, 0.29) is 17.7 Å². The van der Waals surface area contributed by atoms with Crippen molar-refractivity contribution in [3.05, 3.63) is 17.7 Å². The van der Waals surface area contributed by atoms with Crippen molar-refractivity contribution in [2.45, 2.75) is 45.3 Å². The van der Waals surface area contributed by atoms with E-state index in [2.05, 4.69) is 15.6 Å². The van der Waals surface area contributed by atoms with Crippen molar-refractivity contribution in [3.8, 4) is 0 Å². The van der Waals surface area contributed by atoms with Crippen molar-refractivity contribution < 1.29 is 13.2 Å². The topological polar surface area (TPSA) is 37.0 Å². The summed E-state index contributed by atoms with van der Waals surface area (Å²) in [5.41, 5.74) is -0.674. The van der Waals surface area contributed by atoms with E-state index in [1.165, 1.54) is 6.42 Å². The first-order valence-electron chi connectivity index (χ1n) is 7.00. The van der Waals surface area contributed by atoms with Gasteiger partial charge in [-0.1, -0.05) is 6.42 Å². The Labute approximate surface area is 117 Å². The fraction of sp³-hybridized carbons (Fsp3) is 0.643. The molecule has 0 aliphatic heterocycles. The molecule has 6 heteroatoms. The van der Waals surface area contributed by atoms with Crippen LogP contribution in [0.2, 0.25) is 0 Å². The molecular weight excluding hydrogens is 267 g/mol. The summed E-state index contributed by atoms with van der Waals surface area (Å²) in [6, 6.07) is 2.27. The third-order valence-corrected chi connectivity index (χ3v) is 3.74. The first kappa shape index (κ1) is 14.9. The standard InChI is InChI=1S/C14H20F3N3/c1-3-18-12-7-11(14(15,16)17)8-13(20-12)19-9(2)10-5-4-6-10/h7-10H,3-6H2,1-2H3,(H2,18,19,20). The highest BCUT2D eigenvalue weighted by molar-refractivity contribution is 5.50. The predicted octanol–water partition coefficient (Wildman–Crippen LogP) is 4.13. The van der Waals surface area contributed by atoms with Gasteiger partial charge in [0.2, 0.25) is 0 Å². The SMILES string of the molecule is CCNc1cc(C(F)(F)F)cc(NC(C)C2CCC2)n1. The molecule has 0 amide bonds. The summed E-state index contributed by atoms with van der Waals surface area (Å²) in [7, 11) is 0. The lowest BCUT2D eigenvalue weighted by Gasteiger charge is -2.32. The number of nitrogens with one attached hydrogen (secondary N) is 2. The lowest BCUT2D eigenvalue weighted by molar-refractivity contribution is -0.137. The van der Waals surface area contributed by atoms with E-state index in [4.69, 9.17) is 0 Å². The Balaban J connectivity index is 2.19. The Morgan fingerprint density at radius 1 is 1.30 bits per heavy atom. The van der Waals surface area contributed by atoms with Gasteiger partial charge in [-0.25, -0.2) is 4.98 Å². The zero-order chi connectivity index (χ0) is 14.8. The van der Waals surface area contributed by atoms with Crippen LogP contribution < -0.4 is 10.6 Å². The fourth-order valence-electron chi connectivity index (χ4n) is 2.33. The molecule has 0 bridgehead atoms. The number of pyridine rings is 1. The minimum Gasteiger partial charge on any atom is -0.370 e. The smallest absolute Gasteiger partial charge is 0.370 e. The Bertz CT molecular complexity index is 455. The minimum absolute atomic E-state index is 0.147. The molecule has 2 rings (SSSR count). The fourth-order valence-corrected chi connectivity index (χ4v) is 2.33. The zero-order valence-corrected chi connectivity index (χ0v) is 11.7. The molecule has 0 saturated heterocycles. The summed E-state index contributed by atoms with van der Waals surface area (Å²) in [5, 5.41) is 5.94. The molecule has 3 nitrogen and oxygen atoms in total. The van der Waals surface area contributed by atoms with Gasteiger partial charge in [-0.15, -0.1) is 0 Å². The minimum atomic E-state index is -4.36. The number of hydrogen-bond donors (Lipinski definition) is 2. The number of nitrogens with zero attached hydrogens (tertiary/aromatic N) is 1. The Hall–Kier alpha value is -1.46. The molecule has 0 aromatic carbocycles. The number of anilines is 2. The maximum atomic E-state index is 12.9. The van der Waals surface area contributed by atoms with Gasteiger partial charge in [0.15, 0.2) is 0 Å². The summed E-state index contributed by atoms with van der Waals surface area (Å²) >= 11 is 0. The number of hydrogen-bond acceptors (Lipinski definition) is 3. The van der Waals surface area contributed by atoms with Crippen LogP contribution in [0.5, 0.6) is 0 Å². The number of halogens is 3. The van der Waals surface area contributed by atoms with E-state index >= 15 is 0 Å². The van der Waals surface area contributed by atoms with Gasteiger partial charge >= 0.3 is 6.18 Å². The van der Waals surface area contributed by atoms with E-state index in [1.807, 2.05) is 13.8 Å². The lowest BCUT2D eigenvalue weighted by atomic mass is 9.80. The van der Waals surface area contributed by atoms with Crippen molar-refractivity contribution in [3.63, 3.8) is 0 Å². The second kappa shape index (κ2) is 5.89. The van der Waals surface area contributed by atoms with Crippen LogP contribution in [-0.2, 0) is 6.18 Å². The van der Waals surface area contributed by atoms with Gasteiger partial charge in [0.25, 0.3) is 0 Å². The second-order valence-electron chi connectivity index (χ2n) is 5.28. The zero-order valence-electron chi connectivity index (χ0n) is 11.7. The quantitative estimate of drug-likeness (QED) is 0.855. The third-order valence-electron chi connectivity index (χ3n) is 3.74. The summed E-state index contributed by atoms with van der Waals surface area (Å²) in [6.07, 6.45) is -0.890. The Morgan fingerprint density at radius 3 is 2.45 bits per heavy atom. The number of aromatic nitrogens is 1. The van der Waals surface area contributed by atoms with Crippen molar-refractivity contribution in [2.75, 3.05) is 17.2 Å². The van der Waals surface area contributed by atoms with Gasteiger partial charge in [-0.05, 0) is 44.7 Å². The van der Waals surface area contributed by atoms with Gasteiger partial charge < -0.3 is 10.6 Å². The van der Waals surface area contributed by atoms with Crippen LogP contribution in [0.3, 0.4) is 0 Å². The van der Waals surface area contributed by atoms with Gasteiger partial charge in [0.05, 0.1) is 5.56 Å². The second-order valence-corrected chi connectivity index (χ2v) is 5.28. The summed E-state index contributed by atoms with van der Waals surface area (Å²) in [6.45, 7) is 4.36. The van der Waals surface area contributed by atoms with E-state index < -0.39 is 11.7 Å². The lowest BCUT2D eigenvalue weighted by Crippen LogP contribution is -2.31. The molecule has 112 valence electrons. The van der Waals surface area contributed by atoms with Crippen molar-refractivity contribution >= 4 is 11.6 Å². The summed E-state index contributed by atoms with van der Waals surface area (Å²) < 4.78 is 38.6. The Kier molecular flexibility index (Phi) is 4.40. The van der Waals surface area contributed by atoms with E-state index in [1.54, 1.807) is 0 Å². The summed E-state index contributed by atoms with van der Waals surface area (Å²) in [4.78, 5) is 4.20. The van der Waals surface area contributed by atoms with Crippen LogP contribution in [0.4, 0.5) is 24.8 Å². The molecule has 1 aliphatic rings. The third kappa shape index (κ3) is 3.55. The van der Waals surface area contributed by atoms with Gasteiger partial charge in [0, 0.05) is 12.6 Å². The van der Waals surface area contributed by atoms with E-state index in [0.717, 1.165) is 25.0 Å². The molecular formula is C14H20F3N3. The molecule has 20 heavy (non-hydrogen) atoms. The molecule has 2 N–H and O–H groups in total. The molecule has 1 aromatic rings.